The number of nitrogens with zero attached hydrogens (tertiary/aromatic N) is 3. The van der Waals surface area contributed by atoms with Crippen LogP contribution in [-0.4, -0.2) is 85.9 Å². The number of rotatable bonds is 3. The first kappa shape index (κ1) is 22.7. The summed E-state index contributed by atoms with van der Waals surface area (Å²) in [6.07, 6.45) is 1.57. The number of aromatic nitrogens is 2. The summed E-state index contributed by atoms with van der Waals surface area (Å²) < 4.78 is 19.5. The number of hydrogen-bond acceptors (Lipinski definition) is 5. The first-order valence-electron chi connectivity index (χ1n) is 9.48. The van der Waals surface area contributed by atoms with Crippen LogP contribution >= 0.6 is 0 Å². The van der Waals surface area contributed by atoms with Crippen molar-refractivity contribution in [3.05, 3.63) is 77.7 Å². The average molecular weight is 430 g/mol. The van der Waals surface area contributed by atoms with Crippen molar-refractivity contribution in [3.63, 3.8) is 0 Å². The average Bonchev–Trinajstić information content (AvgIpc) is 2.76. The van der Waals surface area contributed by atoms with E-state index in [9.17, 15) is 9.50 Å². The van der Waals surface area contributed by atoms with E-state index in [1.165, 1.54) is 6.07 Å². The van der Waals surface area contributed by atoms with Gasteiger partial charge in [0.05, 0.1) is 0 Å². The second-order valence-corrected chi connectivity index (χ2v) is 6.81. The Labute approximate surface area is 217 Å². The van der Waals surface area contributed by atoms with Crippen LogP contribution in [0, 0.1) is 17.7 Å². The molecule has 1 aromatic heterocycles. The summed E-state index contributed by atoms with van der Waals surface area (Å²) in [5.41, 5.74) is 1.38. The number of para-hydroxylation sites is 1. The summed E-state index contributed by atoms with van der Waals surface area (Å²) in [7, 11) is 0. The summed E-state index contributed by atoms with van der Waals surface area (Å²) in [6, 6.07) is 16.9. The van der Waals surface area contributed by atoms with Gasteiger partial charge in [-0.3, -0.25) is 0 Å². The molecular weight excluding hydrogens is 408 g/mol. The summed E-state index contributed by atoms with van der Waals surface area (Å²) in [5.74, 6) is 6.95. The van der Waals surface area contributed by atoms with Gasteiger partial charge in [-0.2, -0.15) is 0 Å². The van der Waals surface area contributed by atoms with Crippen LogP contribution < -0.4 is 9.64 Å². The number of hydrogen-bond donors (Lipinski definition) is 1. The fraction of sp³-hybridized carbons (Fsp3) is 0.217. The normalized spacial score (nSPS) is 13.7. The van der Waals surface area contributed by atoms with Crippen LogP contribution in [0.5, 0.6) is 11.5 Å². The summed E-state index contributed by atoms with van der Waals surface area (Å²) in [4.78, 5) is 2.14. The second-order valence-electron chi connectivity index (χ2n) is 6.81. The number of benzene rings is 2. The standard InChI is InChI=1S/C23H20FN3O2.K.H/c24-21-3-1-2-4-22(21)29-20-13-15-27(16-14-20)23-12-9-18(25-26-23)8-5-17-6-10-19(28)11-7-17;;/h1-4,6-7,9-12,20,28H,13-16H2;;. The molecule has 30 heavy (non-hydrogen) atoms. The fourth-order valence-electron chi connectivity index (χ4n) is 3.16. The molecule has 1 aliphatic heterocycles. The van der Waals surface area contributed by atoms with E-state index in [0.717, 1.165) is 37.3 Å². The van der Waals surface area contributed by atoms with Gasteiger partial charge in [-0.05, 0) is 54.5 Å². The summed E-state index contributed by atoms with van der Waals surface area (Å²) in [5, 5.41) is 17.8. The van der Waals surface area contributed by atoms with E-state index < -0.39 is 0 Å². The second kappa shape index (κ2) is 10.9. The van der Waals surface area contributed by atoms with Gasteiger partial charge in [0.2, 0.25) is 0 Å². The molecule has 7 heteroatoms. The molecule has 3 aromatic rings. The van der Waals surface area contributed by atoms with E-state index in [1.54, 1.807) is 42.5 Å². The Morgan fingerprint density at radius 2 is 1.67 bits per heavy atom. The zero-order valence-electron chi connectivity index (χ0n) is 15.8. The molecule has 1 saturated heterocycles. The first-order chi connectivity index (χ1) is 14.2. The van der Waals surface area contributed by atoms with E-state index in [0.29, 0.717) is 11.4 Å². The van der Waals surface area contributed by atoms with Crippen LogP contribution in [0.4, 0.5) is 10.2 Å². The molecule has 2 aromatic carbocycles. The minimum atomic E-state index is -0.329. The van der Waals surface area contributed by atoms with E-state index >= 15 is 0 Å². The minimum absolute atomic E-state index is 0. The first-order valence-corrected chi connectivity index (χ1v) is 9.48. The zero-order chi connectivity index (χ0) is 20.1. The van der Waals surface area contributed by atoms with Gasteiger partial charge >= 0.3 is 51.4 Å². The third-order valence-electron chi connectivity index (χ3n) is 4.75. The van der Waals surface area contributed by atoms with Crippen LogP contribution in [0.3, 0.4) is 0 Å². The predicted octanol–water partition coefficient (Wildman–Crippen LogP) is 3.12. The summed E-state index contributed by atoms with van der Waals surface area (Å²) in [6.45, 7) is 1.54. The van der Waals surface area contributed by atoms with Crippen LogP contribution in [0.2, 0.25) is 0 Å². The third kappa shape index (κ3) is 6.03. The van der Waals surface area contributed by atoms with Gasteiger partial charge in [0.25, 0.3) is 0 Å². The van der Waals surface area contributed by atoms with Gasteiger partial charge < -0.3 is 14.7 Å². The number of halogens is 1. The molecule has 1 N–H and O–H groups in total. The van der Waals surface area contributed by atoms with Gasteiger partial charge in [0.1, 0.15) is 17.5 Å². The molecule has 2 heterocycles. The Balaban J connectivity index is 0.00000256. The molecule has 148 valence electrons. The molecule has 4 rings (SSSR count). The SMILES string of the molecule is Oc1ccc(C#Cc2ccc(N3CCC(Oc4ccccc4F)CC3)nn2)cc1.[KH]. The fourth-order valence-corrected chi connectivity index (χ4v) is 3.16. The Hall–Kier alpha value is -1.95. The molecule has 5 nitrogen and oxygen atoms in total. The van der Waals surface area contributed by atoms with Crippen molar-refractivity contribution in [3.8, 4) is 23.3 Å². The number of ether oxygens (including phenoxy) is 1. The van der Waals surface area contributed by atoms with Crippen molar-refractivity contribution >= 4 is 57.2 Å². The van der Waals surface area contributed by atoms with E-state index in [2.05, 4.69) is 26.9 Å². The number of aromatic hydroxyl groups is 1. The molecule has 0 bridgehead atoms. The topological polar surface area (TPSA) is 58.5 Å². The van der Waals surface area contributed by atoms with Crippen molar-refractivity contribution in [2.75, 3.05) is 18.0 Å². The molecule has 1 aliphatic rings. The maximum atomic E-state index is 13.7. The van der Waals surface area contributed by atoms with E-state index in [4.69, 9.17) is 4.74 Å². The quantitative estimate of drug-likeness (QED) is 0.512. The van der Waals surface area contributed by atoms with Crippen molar-refractivity contribution in [2.45, 2.75) is 18.9 Å². The maximum absolute atomic E-state index is 13.7. The van der Waals surface area contributed by atoms with Crippen LogP contribution in [-0.2, 0) is 0 Å². The number of piperidine rings is 1. The Morgan fingerprint density at radius 1 is 0.933 bits per heavy atom. The van der Waals surface area contributed by atoms with Crippen molar-refractivity contribution in [1.82, 2.24) is 10.2 Å². The van der Waals surface area contributed by atoms with Crippen LogP contribution in [0.15, 0.2) is 60.7 Å². The van der Waals surface area contributed by atoms with Crippen molar-refractivity contribution < 1.29 is 14.2 Å². The third-order valence-corrected chi connectivity index (χ3v) is 4.75. The number of phenols is 1. The van der Waals surface area contributed by atoms with Gasteiger partial charge in [-0.15, -0.1) is 10.2 Å². The molecule has 0 aliphatic carbocycles. The van der Waals surface area contributed by atoms with E-state index in [1.807, 2.05) is 12.1 Å². The Bertz CT molecular complexity index is 1020. The Morgan fingerprint density at radius 3 is 2.33 bits per heavy atom. The van der Waals surface area contributed by atoms with E-state index in [-0.39, 0.29) is 69.1 Å². The van der Waals surface area contributed by atoms with Gasteiger partial charge in [-0.25, -0.2) is 4.39 Å². The van der Waals surface area contributed by atoms with Crippen LogP contribution in [0.1, 0.15) is 24.1 Å². The predicted molar refractivity (Wildman–Crippen MR) is 116 cm³/mol. The molecule has 0 spiro atoms. The monoisotopic (exact) mass is 429 g/mol. The molecule has 0 saturated carbocycles. The zero-order valence-corrected chi connectivity index (χ0v) is 15.8. The molecule has 0 amide bonds. The molecule has 1 fully saturated rings. The molecular formula is C23H21FKN3O2. The van der Waals surface area contributed by atoms with Gasteiger partial charge in [0.15, 0.2) is 17.4 Å². The Kier molecular flexibility index (Phi) is 8.25. The van der Waals surface area contributed by atoms with Crippen molar-refractivity contribution in [1.29, 1.82) is 0 Å². The molecule has 0 radical (unpaired) electrons. The number of anilines is 1. The van der Waals surface area contributed by atoms with Crippen LogP contribution in [0.25, 0.3) is 0 Å². The van der Waals surface area contributed by atoms with Gasteiger partial charge in [-0.1, -0.05) is 18.1 Å². The van der Waals surface area contributed by atoms with Gasteiger partial charge in [0, 0.05) is 31.5 Å². The summed E-state index contributed by atoms with van der Waals surface area (Å²) >= 11 is 0. The number of phenolic OH excluding ortho intramolecular Hbond substituents is 1. The van der Waals surface area contributed by atoms with Crippen molar-refractivity contribution in [2.24, 2.45) is 0 Å². The molecule has 0 unspecified atom stereocenters. The molecule has 0 atom stereocenters.